The molecule has 0 saturated carbocycles. The van der Waals surface area contributed by atoms with Gasteiger partial charge in [0.05, 0.1) is 0 Å². The van der Waals surface area contributed by atoms with Crippen LogP contribution in [0.2, 0.25) is 0 Å². The summed E-state index contributed by atoms with van der Waals surface area (Å²) < 4.78 is 0. The Labute approximate surface area is 69.9 Å². The van der Waals surface area contributed by atoms with Crippen molar-refractivity contribution in [1.82, 2.24) is 5.32 Å². The third-order valence-electron chi connectivity index (χ3n) is 1.73. The van der Waals surface area contributed by atoms with Gasteiger partial charge in [0.15, 0.2) is 0 Å². The van der Waals surface area contributed by atoms with Crippen molar-refractivity contribution in [2.75, 3.05) is 13.6 Å². The van der Waals surface area contributed by atoms with Crippen molar-refractivity contribution in [2.24, 2.45) is 0 Å². The summed E-state index contributed by atoms with van der Waals surface area (Å²) in [6, 6.07) is 0. The number of hydrogen-bond donors (Lipinski definition) is 2. The summed E-state index contributed by atoms with van der Waals surface area (Å²) in [4.78, 5) is 0. The Kier molecular flexibility index (Phi) is 7.47. The van der Waals surface area contributed by atoms with E-state index in [1.54, 1.807) is 0 Å². The molecule has 0 atom stereocenters. The van der Waals surface area contributed by atoms with Crippen molar-refractivity contribution in [2.45, 2.75) is 39.0 Å². The van der Waals surface area contributed by atoms with E-state index < -0.39 is 0 Å². The third-order valence-corrected chi connectivity index (χ3v) is 1.73. The molecule has 0 heterocycles. The number of nitrogens with one attached hydrogen (secondary N) is 2. The van der Waals surface area contributed by atoms with Crippen LogP contribution in [0.3, 0.4) is 0 Å². The Morgan fingerprint density at radius 2 is 1.82 bits per heavy atom. The Morgan fingerprint density at radius 1 is 1.18 bits per heavy atom. The third kappa shape index (κ3) is 9.63. The van der Waals surface area contributed by atoms with Gasteiger partial charge in [-0.05, 0) is 39.8 Å². The minimum absolute atomic E-state index is 0.818. The molecular weight excluding hydrogens is 136 g/mol. The van der Waals surface area contributed by atoms with E-state index in [1.165, 1.54) is 25.7 Å². The average Bonchev–Trinajstić information content (AvgIpc) is 1.96. The molecule has 0 aromatic carbocycles. The number of unbranched alkanes of at least 4 members (excludes halogenated alkanes) is 3. The molecule has 0 aromatic heterocycles. The molecule has 0 aliphatic rings. The minimum atomic E-state index is 0.818. The van der Waals surface area contributed by atoms with Crippen LogP contribution in [0.15, 0.2) is 0 Å². The Morgan fingerprint density at radius 3 is 2.36 bits per heavy atom. The predicted molar refractivity (Wildman–Crippen MR) is 50.4 cm³/mol. The molecule has 0 saturated heterocycles. The van der Waals surface area contributed by atoms with E-state index in [2.05, 4.69) is 5.32 Å². The molecule has 2 N–H and O–H groups in total. The van der Waals surface area contributed by atoms with Crippen LogP contribution in [0.5, 0.6) is 0 Å². The summed E-state index contributed by atoms with van der Waals surface area (Å²) >= 11 is 0. The van der Waals surface area contributed by atoms with E-state index >= 15 is 0 Å². The lowest BCUT2D eigenvalue weighted by atomic mass is 10.1. The van der Waals surface area contributed by atoms with Gasteiger partial charge in [0, 0.05) is 5.71 Å². The predicted octanol–water partition coefficient (Wildman–Crippen LogP) is 2.20. The van der Waals surface area contributed by atoms with E-state index in [0.717, 1.165) is 18.7 Å². The van der Waals surface area contributed by atoms with Gasteiger partial charge in [-0.3, -0.25) is 0 Å². The zero-order valence-electron chi connectivity index (χ0n) is 7.74. The van der Waals surface area contributed by atoms with Crippen molar-refractivity contribution in [3.63, 3.8) is 0 Å². The molecule has 0 fully saturated rings. The second-order valence-corrected chi connectivity index (χ2v) is 3.05. The minimum Gasteiger partial charge on any atom is -0.320 e. The molecule has 0 aromatic rings. The molecule has 0 aliphatic carbocycles. The second-order valence-electron chi connectivity index (χ2n) is 3.05. The van der Waals surface area contributed by atoms with Gasteiger partial charge in [0.25, 0.3) is 0 Å². The first-order valence-electron chi connectivity index (χ1n) is 4.46. The first kappa shape index (κ1) is 10.6. The second kappa shape index (κ2) is 7.73. The van der Waals surface area contributed by atoms with E-state index in [1.807, 2.05) is 14.0 Å². The van der Waals surface area contributed by atoms with Gasteiger partial charge < -0.3 is 10.7 Å². The van der Waals surface area contributed by atoms with Crippen LogP contribution in [0.4, 0.5) is 0 Å². The molecule has 11 heavy (non-hydrogen) atoms. The lowest BCUT2D eigenvalue weighted by molar-refractivity contribution is 0.624. The van der Waals surface area contributed by atoms with Crippen molar-refractivity contribution in [1.29, 1.82) is 5.41 Å². The summed E-state index contributed by atoms with van der Waals surface area (Å²) in [5.41, 5.74) is 0.818. The molecule has 0 unspecified atom stereocenters. The fourth-order valence-corrected chi connectivity index (χ4v) is 1.05. The smallest absolute Gasteiger partial charge is 0.00582 e. The molecule has 2 nitrogen and oxygen atoms in total. The van der Waals surface area contributed by atoms with Crippen LogP contribution in [0.1, 0.15) is 39.0 Å². The van der Waals surface area contributed by atoms with E-state index in [4.69, 9.17) is 5.41 Å². The van der Waals surface area contributed by atoms with Gasteiger partial charge in [0.2, 0.25) is 0 Å². The van der Waals surface area contributed by atoms with Crippen LogP contribution in [-0.2, 0) is 0 Å². The summed E-state index contributed by atoms with van der Waals surface area (Å²) in [7, 11) is 1.99. The maximum atomic E-state index is 7.20. The summed E-state index contributed by atoms with van der Waals surface area (Å²) in [5, 5.41) is 10.3. The Bertz CT molecular complexity index is 99.7. The molecule has 66 valence electrons. The van der Waals surface area contributed by atoms with Gasteiger partial charge in [-0.1, -0.05) is 12.8 Å². The van der Waals surface area contributed by atoms with Crippen molar-refractivity contribution < 1.29 is 0 Å². The lowest BCUT2D eigenvalue weighted by Crippen LogP contribution is -2.06. The van der Waals surface area contributed by atoms with Crippen LogP contribution in [0.25, 0.3) is 0 Å². The molecule has 0 aliphatic heterocycles. The first-order valence-corrected chi connectivity index (χ1v) is 4.46. The number of rotatable bonds is 7. The zero-order chi connectivity index (χ0) is 8.53. The SMILES string of the molecule is CNCCCCCCC(C)=N. The van der Waals surface area contributed by atoms with Gasteiger partial charge in [-0.25, -0.2) is 0 Å². The Balaban J connectivity index is 2.85. The van der Waals surface area contributed by atoms with E-state index in [-0.39, 0.29) is 0 Å². The van der Waals surface area contributed by atoms with Gasteiger partial charge >= 0.3 is 0 Å². The van der Waals surface area contributed by atoms with Gasteiger partial charge in [-0.2, -0.15) is 0 Å². The lowest BCUT2D eigenvalue weighted by Gasteiger charge is -1.99. The molecule has 0 rings (SSSR count). The topological polar surface area (TPSA) is 35.9 Å². The van der Waals surface area contributed by atoms with Crippen LogP contribution in [0, 0.1) is 5.41 Å². The maximum Gasteiger partial charge on any atom is 0.00582 e. The molecule has 2 heteroatoms. The van der Waals surface area contributed by atoms with E-state index in [0.29, 0.717) is 0 Å². The molecule has 0 bridgehead atoms. The monoisotopic (exact) mass is 156 g/mol. The maximum absolute atomic E-state index is 7.20. The highest BCUT2D eigenvalue weighted by Crippen LogP contribution is 2.02. The largest absolute Gasteiger partial charge is 0.320 e. The van der Waals surface area contributed by atoms with Crippen LogP contribution >= 0.6 is 0 Å². The van der Waals surface area contributed by atoms with E-state index in [9.17, 15) is 0 Å². The highest BCUT2D eigenvalue weighted by atomic mass is 14.8. The van der Waals surface area contributed by atoms with Crippen LogP contribution < -0.4 is 5.32 Å². The quantitative estimate of drug-likeness (QED) is 0.430. The van der Waals surface area contributed by atoms with Crippen molar-refractivity contribution in [3.8, 4) is 0 Å². The standard InChI is InChI=1S/C9H20N2/c1-9(10)7-5-3-4-6-8-11-2/h10-11H,3-8H2,1-2H3. The molecule has 0 radical (unpaired) electrons. The Hall–Kier alpha value is -0.370. The van der Waals surface area contributed by atoms with Crippen molar-refractivity contribution >= 4 is 5.71 Å². The fourth-order valence-electron chi connectivity index (χ4n) is 1.05. The van der Waals surface area contributed by atoms with Crippen molar-refractivity contribution in [3.05, 3.63) is 0 Å². The molecule has 0 spiro atoms. The highest BCUT2D eigenvalue weighted by molar-refractivity contribution is 5.78. The fraction of sp³-hybridized carbons (Fsp3) is 0.889. The first-order chi connectivity index (χ1) is 5.27. The molecular formula is C9H20N2. The average molecular weight is 156 g/mol. The van der Waals surface area contributed by atoms with Crippen LogP contribution in [-0.4, -0.2) is 19.3 Å². The summed E-state index contributed by atoms with van der Waals surface area (Å²) in [6.07, 6.45) is 6.03. The highest BCUT2D eigenvalue weighted by Gasteiger charge is 1.90. The van der Waals surface area contributed by atoms with Gasteiger partial charge in [0.1, 0.15) is 0 Å². The molecule has 0 amide bonds. The summed E-state index contributed by atoms with van der Waals surface area (Å²) in [5.74, 6) is 0. The number of hydrogen-bond acceptors (Lipinski definition) is 2. The van der Waals surface area contributed by atoms with Gasteiger partial charge in [-0.15, -0.1) is 0 Å². The summed E-state index contributed by atoms with van der Waals surface area (Å²) in [6.45, 7) is 3.01. The normalized spacial score (nSPS) is 10.0. The zero-order valence-corrected chi connectivity index (χ0v) is 7.74.